The molecule has 0 unspecified atom stereocenters. The molecule has 0 bridgehead atoms. The van der Waals surface area contributed by atoms with Gasteiger partial charge in [0.25, 0.3) is 0 Å². The smallest absolute Gasteiger partial charge is 0.165 e. The molecule has 1 aliphatic carbocycles. The van der Waals surface area contributed by atoms with E-state index >= 15 is 0 Å². The van der Waals surface area contributed by atoms with Gasteiger partial charge in [0.05, 0.1) is 11.2 Å². The van der Waals surface area contributed by atoms with Crippen molar-refractivity contribution in [2.24, 2.45) is 0 Å². The Kier molecular flexibility index (Phi) is 7.37. The summed E-state index contributed by atoms with van der Waals surface area (Å²) in [4.78, 5) is 19.6. The normalized spacial score (nSPS) is 15.8. The Morgan fingerprint density at radius 3 is 1.88 bits per heavy atom. The number of aromatic nitrogens is 5. The summed E-state index contributed by atoms with van der Waals surface area (Å²) in [6.45, 7) is 0. The van der Waals surface area contributed by atoms with E-state index in [0.717, 1.165) is 66.3 Å². The van der Waals surface area contributed by atoms with Gasteiger partial charge in [0.15, 0.2) is 17.5 Å². The molecular weight excluding hydrogens is 615 g/mol. The molecule has 4 heterocycles. The topological polar surface area (TPSA) is 69.6 Å². The Bertz CT molecular complexity index is 2680. The fourth-order valence-corrected chi connectivity index (χ4v) is 6.43. The molecule has 4 aromatic carbocycles. The van der Waals surface area contributed by atoms with Gasteiger partial charge >= 0.3 is 0 Å². The number of para-hydroxylation sites is 2. The van der Waals surface area contributed by atoms with Gasteiger partial charge in [0, 0.05) is 44.4 Å². The number of benzene rings is 4. The van der Waals surface area contributed by atoms with Crippen LogP contribution >= 0.6 is 0 Å². The first-order valence-electron chi connectivity index (χ1n) is 16.5. The molecule has 0 N–H and O–H groups in total. The van der Waals surface area contributed by atoms with Gasteiger partial charge in [-0.2, -0.15) is 0 Å². The lowest BCUT2D eigenvalue weighted by atomic mass is 10.1. The van der Waals surface area contributed by atoms with E-state index in [9.17, 15) is 0 Å². The van der Waals surface area contributed by atoms with Crippen molar-refractivity contribution < 1.29 is 4.42 Å². The van der Waals surface area contributed by atoms with E-state index in [-0.39, 0.29) is 0 Å². The number of furan rings is 1. The van der Waals surface area contributed by atoms with Crippen LogP contribution in [0.25, 0.3) is 86.2 Å². The monoisotopic (exact) mass is 643 g/mol. The van der Waals surface area contributed by atoms with Crippen molar-refractivity contribution in [3.05, 3.63) is 174 Å². The van der Waals surface area contributed by atoms with Gasteiger partial charge in [-0.3, -0.25) is 4.57 Å². The highest BCUT2D eigenvalue weighted by Crippen LogP contribution is 2.32. The minimum Gasteiger partial charge on any atom is -0.456 e. The number of nitrogens with zero attached hydrogens (tertiary/aromatic N) is 5. The molecule has 6 heteroatoms. The summed E-state index contributed by atoms with van der Waals surface area (Å²) in [5, 5.41) is 3.27. The molecule has 0 saturated heterocycles. The maximum absolute atomic E-state index is 6.26. The van der Waals surface area contributed by atoms with E-state index in [4.69, 9.17) is 24.4 Å². The van der Waals surface area contributed by atoms with Crippen molar-refractivity contribution >= 4 is 46.2 Å². The second-order valence-corrected chi connectivity index (χ2v) is 11.9. The van der Waals surface area contributed by atoms with Gasteiger partial charge in [-0.05, 0) is 36.4 Å². The first-order valence-corrected chi connectivity index (χ1v) is 16.5. The third-order valence-electron chi connectivity index (χ3n) is 8.80. The summed E-state index contributed by atoms with van der Waals surface area (Å²) < 4.78 is 8.46. The summed E-state index contributed by atoms with van der Waals surface area (Å²) in [5.41, 5.74) is 7.48. The molecule has 0 radical (unpaired) electrons. The van der Waals surface area contributed by atoms with Gasteiger partial charge in [0.1, 0.15) is 16.8 Å². The zero-order valence-corrected chi connectivity index (χ0v) is 26.9. The van der Waals surface area contributed by atoms with E-state index in [1.54, 1.807) is 0 Å². The van der Waals surface area contributed by atoms with Crippen LogP contribution in [0.15, 0.2) is 156 Å². The number of hydrogen-bond acceptors (Lipinski definition) is 5. The highest BCUT2D eigenvalue weighted by molar-refractivity contribution is 5.96. The predicted octanol–water partition coefficient (Wildman–Crippen LogP) is 8.82. The fraction of sp³-hybridized carbons (Fsp3) is 0. The molecule has 236 valence electrons. The highest BCUT2D eigenvalue weighted by atomic mass is 16.3. The van der Waals surface area contributed by atoms with Crippen molar-refractivity contribution in [1.29, 1.82) is 0 Å². The number of hydrogen-bond donors (Lipinski definition) is 0. The summed E-state index contributed by atoms with van der Waals surface area (Å²) in [6.07, 6.45) is 18.5. The molecular formula is C44H29N5O. The third kappa shape index (κ3) is 5.35. The number of fused-ring (bicyclic) bond motifs is 6. The number of allylic oxidation sites excluding steroid dienone is 4. The molecule has 9 rings (SSSR count). The van der Waals surface area contributed by atoms with Crippen LogP contribution in [0.5, 0.6) is 0 Å². The van der Waals surface area contributed by atoms with Gasteiger partial charge in [-0.1, -0.05) is 134 Å². The van der Waals surface area contributed by atoms with Crippen LogP contribution in [0.4, 0.5) is 0 Å². The molecule has 0 atom stereocenters. The molecule has 0 saturated carbocycles. The lowest BCUT2D eigenvalue weighted by Gasteiger charge is -2.10. The Hall–Kier alpha value is -6.92. The summed E-state index contributed by atoms with van der Waals surface area (Å²) in [7, 11) is 0. The van der Waals surface area contributed by atoms with Crippen molar-refractivity contribution in [2.75, 3.05) is 0 Å². The minimum atomic E-state index is 0.562. The Morgan fingerprint density at radius 1 is 0.500 bits per heavy atom. The number of rotatable bonds is 4. The van der Waals surface area contributed by atoms with Crippen molar-refractivity contribution in [3.8, 4) is 40.0 Å². The van der Waals surface area contributed by atoms with Crippen molar-refractivity contribution in [3.63, 3.8) is 0 Å². The van der Waals surface area contributed by atoms with Gasteiger partial charge in [-0.25, -0.2) is 19.9 Å². The average Bonchev–Trinajstić information content (AvgIpc) is 3.69. The molecule has 0 spiro atoms. The molecule has 0 fully saturated rings. The second-order valence-electron chi connectivity index (χ2n) is 11.9. The van der Waals surface area contributed by atoms with E-state index in [0.29, 0.717) is 17.5 Å². The van der Waals surface area contributed by atoms with Crippen LogP contribution in [-0.4, -0.2) is 24.5 Å². The Balaban J connectivity index is 1.18. The van der Waals surface area contributed by atoms with E-state index in [2.05, 4.69) is 77.4 Å². The maximum atomic E-state index is 6.26. The summed E-state index contributed by atoms with van der Waals surface area (Å²) >= 11 is 0. The largest absolute Gasteiger partial charge is 0.456 e. The van der Waals surface area contributed by atoms with Gasteiger partial charge < -0.3 is 4.42 Å². The van der Waals surface area contributed by atoms with Crippen LogP contribution in [0.1, 0.15) is 11.3 Å². The lowest BCUT2D eigenvalue weighted by molar-refractivity contribution is 0.576. The maximum Gasteiger partial charge on any atom is 0.165 e. The quantitative estimate of drug-likeness (QED) is 0.192. The molecule has 4 aromatic heterocycles. The molecule has 8 aromatic rings. The zero-order valence-electron chi connectivity index (χ0n) is 26.9. The lowest BCUT2D eigenvalue weighted by Crippen LogP contribution is -2.19. The first-order chi connectivity index (χ1) is 24.8. The molecule has 1 aliphatic rings. The van der Waals surface area contributed by atoms with Crippen LogP contribution in [0.2, 0.25) is 0 Å². The fourth-order valence-electron chi connectivity index (χ4n) is 6.43. The van der Waals surface area contributed by atoms with Gasteiger partial charge in [0.2, 0.25) is 0 Å². The van der Waals surface area contributed by atoms with E-state index < -0.39 is 0 Å². The average molecular weight is 644 g/mol. The van der Waals surface area contributed by atoms with Crippen LogP contribution in [0, 0.1) is 0 Å². The number of pyridine rings is 1. The molecule has 0 amide bonds. The third-order valence-corrected chi connectivity index (χ3v) is 8.80. The zero-order chi connectivity index (χ0) is 33.3. The van der Waals surface area contributed by atoms with Crippen LogP contribution in [-0.2, 0) is 0 Å². The Labute approximate surface area is 288 Å². The SMILES string of the molecule is C1=C\c2c(c3ccccc3n2-c2ccc(-c3nc(-c4ccccc4)nc(-c4ccccc4)n3)cn2)/C=C/C=C/C=c2\c(oc3ccccc23)=C/1. The molecule has 0 aliphatic heterocycles. The highest BCUT2D eigenvalue weighted by Gasteiger charge is 2.17. The van der Waals surface area contributed by atoms with E-state index in [1.165, 1.54) is 0 Å². The van der Waals surface area contributed by atoms with Crippen LogP contribution in [0.3, 0.4) is 0 Å². The summed E-state index contributed by atoms with van der Waals surface area (Å²) in [6, 6.07) is 40.6. The summed E-state index contributed by atoms with van der Waals surface area (Å²) in [5.74, 6) is 2.57. The molecule has 50 heavy (non-hydrogen) atoms. The van der Waals surface area contributed by atoms with Crippen LogP contribution < -0.4 is 10.6 Å². The van der Waals surface area contributed by atoms with Crippen molar-refractivity contribution in [2.45, 2.75) is 0 Å². The standard InChI is InChI=1S/C44H29N5O/c1-4-15-30(16-5-1)42-46-43(31-17-6-2-7-18-31)48-44(47-42)32-27-28-41(45-29-32)49-37-23-12-10-20-34(37)33-19-8-3-9-21-35-36-22-11-13-25-39(36)50-40(35)26-14-24-38(33)49/h1-29H/b8-3?,9-3+,19-8+,21-9?,24-14-,26-14?,33-19?,35-21-,38-24?,40-26+. The Morgan fingerprint density at radius 2 is 1.16 bits per heavy atom. The predicted molar refractivity (Wildman–Crippen MR) is 202 cm³/mol. The first kappa shape index (κ1) is 29.2. The van der Waals surface area contributed by atoms with E-state index in [1.807, 2.05) is 103 Å². The minimum absolute atomic E-state index is 0.562. The second kappa shape index (κ2) is 12.6. The van der Waals surface area contributed by atoms with Gasteiger partial charge in [-0.15, -0.1) is 0 Å². The van der Waals surface area contributed by atoms with Crippen molar-refractivity contribution in [1.82, 2.24) is 24.5 Å². The molecule has 6 nitrogen and oxygen atoms in total.